The molecule has 0 bridgehead atoms. The number of nitrogens with zero attached hydrogens (tertiary/aromatic N) is 2. The predicted octanol–water partition coefficient (Wildman–Crippen LogP) is 2.96. The Morgan fingerprint density at radius 1 is 1.46 bits per heavy atom. The van der Waals surface area contributed by atoms with Crippen LogP contribution in [-0.4, -0.2) is 9.97 Å². The molecule has 2 nitrogen and oxygen atoms in total. The molecule has 0 spiro atoms. The van der Waals surface area contributed by atoms with Crippen molar-refractivity contribution in [3.05, 3.63) is 23.3 Å². The molecular weight excluding hydrogens is 184 g/mol. The minimum absolute atomic E-state index is 0.0857. The Hall–Kier alpha value is -0.630. The third-order valence-electron chi connectivity index (χ3n) is 2.24. The monoisotopic (exact) mass is 196 g/mol. The van der Waals surface area contributed by atoms with Gasteiger partial charge in [-0.3, -0.25) is 0 Å². The van der Waals surface area contributed by atoms with Gasteiger partial charge in [0, 0.05) is 17.3 Å². The number of rotatable bonds is 2. The average molecular weight is 197 g/mol. The smallest absolute Gasteiger partial charge is 0.146 e. The quantitative estimate of drug-likeness (QED) is 0.680. The molecule has 1 atom stereocenters. The lowest BCUT2D eigenvalue weighted by Gasteiger charge is -2.05. The number of aromatic nitrogens is 2. The minimum Gasteiger partial charge on any atom is -0.237 e. The summed E-state index contributed by atoms with van der Waals surface area (Å²) in [7, 11) is 0. The van der Waals surface area contributed by atoms with Crippen molar-refractivity contribution in [2.45, 2.75) is 38.0 Å². The fourth-order valence-corrected chi connectivity index (χ4v) is 1.48. The first-order valence-electron chi connectivity index (χ1n) is 4.66. The second-order valence-electron chi connectivity index (χ2n) is 3.68. The molecule has 1 saturated carbocycles. The molecule has 1 unspecified atom stereocenters. The van der Waals surface area contributed by atoms with Crippen LogP contribution < -0.4 is 0 Å². The van der Waals surface area contributed by atoms with E-state index in [4.69, 9.17) is 11.6 Å². The standard InChI is InChI=1S/C10H13ClN2/c1-6-5-9(8-3-4-8)13-10(12-6)7(2)11/h5,7-8H,3-4H2,1-2H3. The van der Waals surface area contributed by atoms with Gasteiger partial charge in [0.1, 0.15) is 5.82 Å². The van der Waals surface area contributed by atoms with E-state index < -0.39 is 0 Å². The van der Waals surface area contributed by atoms with Crippen molar-refractivity contribution in [1.82, 2.24) is 9.97 Å². The van der Waals surface area contributed by atoms with E-state index in [-0.39, 0.29) is 5.38 Å². The zero-order valence-corrected chi connectivity index (χ0v) is 8.67. The van der Waals surface area contributed by atoms with Crippen LogP contribution >= 0.6 is 11.6 Å². The van der Waals surface area contributed by atoms with Gasteiger partial charge in [0.05, 0.1) is 5.38 Å². The van der Waals surface area contributed by atoms with Crippen LogP contribution in [0.2, 0.25) is 0 Å². The van der Waals surface area contributed by atoms with Gasteiger partial charge in [0.25, 0.3) is 0 Å². The first-order valence-corrected chi connectivity index (χ1v) is 5.10. The van der Waals surface area contributed by atoms with Crippen LogP contribution in [0.25, 0.3) is 0 Å². The highest BCUT2D eigenvalue weighted by Crippen LogP contribution is 2.39. The van der Waals surface area contributed by atoms with Crippen molar-refractivity contribution in [1.29, 1.82) is 0 Å². The lowest BCUT2D eigenvalue weighted by molar-refractivity contribution is 0.847. The largest absolute Gasteiger partial charge is 0.237 e. The summed E-state index contributed by atoms with van der Waals surface area (Å²) in [5.41, 5.74) is 2.20. The minimum atomic E-state index is -0.0857. The van der Waals surface area contributed by atoms with Crippen molar-refractivity contribution in [2.75, 3.05) is 0 Å². The topological polar surface area (TPSA) is 25.8 Å². The van der Waals surface area contributed by atoms with Crippen LogP contribution in [0.1, 0.15) is 48.3 Å². The molecule has 1 aromatic rings. The van der Waals surface area contributed by atoms with Gasteiger partial charge in [-0.1, -0.05) is 0 Å². The van der Waals surface area contributed by atoms with Gasteiger partial charge in [-0.15, -0.1) is 11.6 Å². The van der Waals surface area contributed by atoms with Gasteiger partial charge in [-0.2, -0.15) is 0 Å². The number of hydrogen-bond donors (Lipinski definition) is 0. The second-order valence-corrected chi connectivity index (χ2v) is 4.34. The molecular formula is C10H13ClN2. The van der Waals surface area contributed by atoms with Crippen LogP contribution in [0.5, 0.6) is 0 Å². The van der Waals surface area contributed by atoms with Gasteiger partial charge in [-0.25, -0.2) is 9.97 Å². The van der Waals surface area contributed by atoms with Crippen LogP contribution in [0, 0.1) is 6.92 Å². The predicted molar refractivity (Wildman–Crippen MR) is 53.0 cm³/mol. The van der Waals surface area contributed by atoms with E-state index in [1.165, 1.54) is 18.5 Å². The maximum atomic E-state index is 5.95. The first-order chi connectivity index (χ1) is 6.16. The maximum absolute atomic E-state index is 5.95. The third-order valence-corrected chi connectivity index (χ3v) is 2.44. The van der Waals surface area contributed by atoms with E-state index in [9.17, 15) is 0 Å². The van der Waals surface area contributed by atoms with Gasteiger partial charge < -0.3 is 0 Å². The Bertz CT molecular complexity index is 298. The Balaban J connectivity index is 2.36. The third kappa shape index (κ3) is 1.99. The molecule has 1 heterocycles. The SMILES string of the molecule is Cc1cc(C2CC2)nc(C(C)Cl)n1. The Morgan fingerprint density at radius 2 is 2.15 bits per heavy atom. The van der Waals surface area contributed by atoms with E-state index in [0.717, 1.165) is 11.5 Å². The summed E-state index contributed by atoms with van der Waals surface area (Å²) in [6, 6.07) is 2.07. The molecule has 1 aliphatic rings. The normalized spacial score (nSPS) is 18.7. The van der Waals surface area contributed by atoms with E-state index >= 15 is 0 Å². The van der Waals surface area contributed by atoms with Crippen LogP contribution in [0.15, 0.2) is 6.07 Å². The maximum Gasteiger partial charge on any atom is 0.146 e. The van der Waals surface area contributed by atoms with E-state index in [0.29, 0.717) is 5.92 Å². The molecule has 2 rings (SSSR count). The highest BCUT2D eigenvalue weighted by Gasteiger charge is 2.26. The lowest BCUT2D eigenvalue weighted by atomic mass is 10.2. The molecule has 1 aromatic heterocycles. The molecule has 0 radical (unpaired) electrons. The first kappa shape index (κ1) is 8.95. The molecule has 0 saturated heterocycles. The summed E-state index contributed by atoms with van der Waals surface area (Å²) < 4.78 is 0. The van der Waals surface area contributed by atoms with Crippen molar-refractivity contribution >= 4 is 11.6 Å². The summed E-state index contributed by atoms with van der Waals surface area (Å²) in [6.07, 6.45) is 2.54. The summed E-state index contributed by atoms with van der Waals surface area (Å²) in [5, 5.41) is -0.0857. The second kappa shape index (κ2) is 3.26. The number of halogens is 1. The molecule has 0 aromatic carbocycles. The molecule has 13 heavy (non-hydrogen) atoms. The molecule has 0 amide bonds. The summed E-state index contributed by atoms with van der Waals surface area (Å²) in [4.78, 5) is 8.75. The van der Waals surface area contributed by atoms with Crippen LogP contribution in [-0.2, 0) is 0 Å². The van der Waals surface area contributed by atoms with Gasteiger partial charge in [0.2, 0.25) is 0 Å². The molecule has 3 heteroatoms. The fraction of sp³-hybridized carbons (Fsp3) is 0.600. The Kier molecular flexibility index (Phi) is 2.24. The Morgan fingerprint density at radius 3 is 2.69 bits per heavy atom. The molecule has 0 N–H and O–H groups in total. The highest BCUT2D eigenvalue weighted by atomic mass is 35.5. The zero-order chi connectivity index (χ0) is 9.42. The summed E-state index contributed by atoms with van der Waals surface area (Å²) >= 11 is 5.95. The van der Waals surface area contributed by atoms with Crippen molar-refractivity contribution in [3.63, 3.8) is 0 Å². The van der Waals surface area contributed by atoms with Crippen LogP contribution in [0.4, 0.5) is 0 Å². The van der Waals surface area contributed by atoms with E-state index in [1.807, 2.05) is 13.8 Å². The van der Waals surface area contributed by atoms with Gasteiger partial charge >= 0.3 is 0 Å². The number of hydrogen-bond acceptors (Lipinski definition) is 2. The lowest BCUT2D eigenvalue weighted by Crippen LogP contribution is -2.00. The van der Waals surface area contributed by atoms with Gasteiger partial charge in [0.15, 0.2) is 0 Å². The summed E-state index contributed by atoms with van der Waals surface area (Å²) in [5.74, 6) is 1.44. The summed E-state index contributed by atoms with van der Waals surface area (Å²) in [6.45, 7) is 3.91. The number of aryl methyl sites for hydroxylation is 1. The number of alkyl halides is 1. The van der Waals surface area contributed by atoms with Crippen molar-refractivity contribution < 1.29 is 0 Å². The average Bonchev–Trinajstić information content (AvgIpc) is 2.85. The van der Waals surface area contributed by atoms with Crippen LogP contribution in [0.3, 0.4) is 0 Å². The Labute approximate surface area is 83.4 Å². The fourth-order valence-electron chi connectivity index (χ4n) is 1.38. The van der Waals surface area contributed by atoms with Crippen molar-refractivity contribution in [2.24, 2.45) is 0 Å². The van der Waals surface area contributed by atoms with Crippen molar-refractivity contribution in [3.8, 4) is 0 Å². The molecule has 70 valence electrons. The van der Waals surface area contributed by atoms with E-state index in [2.05, 4.69) is 16.0 Å². The van der Waals surface area contributed by atoms with Gasteiger partial charge in [-0.05, 0) is 32.8 Å². The highest BCUT2D eigenvalue weighted by molar-refractivity contribution is 6.20. The molecule has 1 fully saturated rings. The molecule has 0 aliphatic heterocycles. The molecule has 1 aliphatic carbocycles. The van der Waals surface area contributed by atoms with E-state index in [1.54, 1.807) is 0 Å². The zero-order valence-electron chi connectivity index (χ0n) is 7.92.